The van der Waals surface area contributed by atoms with Crippen LogP contribution in [0.15, 0.2) is 24.3 Å². The fraction of sp³-hybridized carbons (Fsp3) is 0.462. The van der Waals surface area contributed by atoms with E-state index in [4.69, 9.17) is 5.73 Å². The molecule has 1 aromatic carbocycles. The Labute approximate surface area is 96.2 Å². The van der Waals surface area contributed by atoms with Gasteiger partial charge in [0.2, 0.25) is 5.91 Å². The molecule has 1 aromatic rings. The van der Waals surface area contributed by atoms with Gasteiger partial charge in [0.1, 0.15) is 0 Å². The molecule has 3 heteroatoms. The van der Waals surface area contributed by atoms with Crippen molar-refractivity contribution in [1.82, 2.24) is 4.90 Å². The molecule has 0 atom stereocenters. The molecule has 0 aromatic heterocycles. The lowest BCUT2D eigenvalue weighted by Crippen LogP contribution is -2.67. The number of benzene rings is 1. The van der Waals surface area contributed by atoms with Crippen LogP contribution in [-0.4, -0.2) is 29.4 Å². The largest absolute Gasteiger partial charge is 0.339 e. The van der Waals surface area contributed by atoms with Crippen molar-refractivity contribution in [2.75, 3.05) is 13.1 Å². The van der Waals surface area contributed by atoms with Gasteiger partial charge in [0, 0.05) is 18.6 Å². The van der Waals surface area contributed by atoms with Crippen LogP contribution in [0.2, 0.25) is 0 Å². The Morgan fingerprint density at radius 3 is 2.75 bits per heavy atom. The maximum absolute atomic E-state index is 11.9. The van der Waals surface area contributed by atoms with Crippen molar-refractivity contribution >= 4 is 5.91 Å². The molecule has 1 aliphatic rings. The first-order valence-corrected chi connectivity index (χ1v) is 5.58. The molecule has 1 saturated heterocycles. The number of carbonyl (C=O) groups is 1. The van der Waals surface area contributed by atoms with Crippen molar-refractivity contribution in [1.29, 1.82) is 0 Å². The third kappa shape index (κ3) is 2.42. The summed E-state index contributed by atoms with van der Waals surface area (Å²) in [5.74, 6) is 0.175. The first kappa shape index (κ1) is 11.1. The standard InChI is InChI=1S/C13H18N2O/c1-10-4-3-5-11(6-10)7-12(16)15-8-13(2,14)9-15/h3-6H,7-9,14H2,1-2H3. The Bertz CT molecular complexity index is 404. The fourth-order valence-electron chi connectivity index (χ4n) is 2.11. The van der Waals surface area contributed by atoms with Crippen LogP contribution in [0.25, 0.3) is 0 Å². The van der Waals surface area contributed by atoms with E-state index in [-0.39, 0.29) is 11.4 Å². The van der Waals surface area contributed by atoms with E-state index in [0.29, 0.717) is 19.5 Å². The summed E-state index contributed by atoms with van der Waals surface area (Å²) in [6.45, 7) is 5.37. The molecule has 0 bridgehead atoms. The van der Waals surface area contributed by atoms with Gasteiger partial charge in [0.15, 0.2) is 0 Å². The van der Waals surface area contributed by atoms with Crippen LogP contribution in [0.5, 0.6) is 0 Å². The smallest absolute Gasteiger partial charge is 0.227 e. The molecular formula is C13H18N2O. The zero-order valence-corrected chi connectivity index (χ0v) is 9.86. The van der Waals surface area contributed by atoms with E-state index in [9.17, 15) is 4.79 Å². The van der Waals surface area contributed by atoms with Crippen LogP contribution in [0.1, 0.15) is 18.1 Å². The van der Waals surface area contributed by atoms with E-state index < -0.39 is 0 Å². The quantitative estimate of drug-likeness (QED) is 0.808. The molecule has 0 spiro atoms. The molecule has 3 nitrogen and oxygen atoms in total. The summed E-state index contributed by atoms with van der Waals surface area (Å²) in [6, 6.07) is 8.07. The van der Waals surface area contributed by atoms with Gasteiger partial charge in [-0.3, -0.25) is 4.79 Å². The van der Waals surface area contributed by atoms with Gasteiger partial charge in [-0.25, -0.2) is 0 Å². The Morgan fingerprint density at radius 2 is 2.19 bits per heavy atom. The van der Waals surface area contributed by atoms with Crippen molar-refractivity contribution in [2.45, 2.75) is 25.8 Å². The van der Waals surface area contributed by atoms with Gasteiger partial charge >= 0.3 is 0 Å². The van der Waals surface area contributed by atoms with E-state index in [1.807, 2.05) is 36.9 Å². The average Bonchev–Trinajstić information content (AvgIpc) is 2.13. The molecule has 0 aliphatic carbocycles. The third-order valence-corrected chi connectivity index (χ3v) is 2.89. The van der Waals surface area contributed by atoms with E-state index >= 15 is 0 Å². The topological polar surface area (TPSA) is 46.3 Å². The molecular weight excluding hydrogens is 200 g/mol. The average molecular weight is 218 g/mol. The Hall–Kier alpha value is -1.35. The zero-order valence-electron chi connectivity index (χ0n) is 9.86. The second-order valence-corrected chi connectivity index (χ2v) is 5.07. The Morgan fingerprint density at radius 1 is 1.50 bits per heavy atom. The highest BCUT2D eigenvalue weighted by Gasteiger charge is 2.37. The zero-order chi connectivity index (χ0) is 11.8. The lowest BCUT2D eigenvalue weighted by Gasteiger charge is -2.45. The highest BCUT2D eigenvalue weighted by atomic mass is 16.2. The highest BCUT2D eigenvalue weighted by Crippen LogP contribution is 2.18. The van der Waals surface area contributed by atoms with Crippen LogP contribution in [0, 0.1) is 6.92 Å². The van der Waals surface area contributed by atoms with Gasteiger partial charge in [-0.05, 0) is 19.4 Å². The molecule has 0 radical (unpaired) electrons. The van der Waals surface area contributed by atoms with Crippen LogP contribution in [0.3, 0.4) is 0 Å². The number of nitrogens with two attached hydrogens (primary N) is 1. The van der Waals surface area contributed by atoms with E-state index in [2.05, 4.69) is 6.07 Å². The predicted molar refractivity (Wildman–Crippen MR) is 64.1 cm³/mol. The van der Waals surface area contributed by atoms with Crippen molar-refractivity contribution in [3.05, 3.63) is 35.4 Å². The van der Waals surface area contributed by atoms with Crippen molar-refractivity contribution < 1.29 is 4.79 Å². The number of likely N-dealkylation sites (tertiary alicyclic amines) is 1. The minimum absolute atomic E-state index is 0.175. The van der Waals surface area contributed by atoms with Gasteiger partial charge in [0.25, 0.3) is 0 Å². The van der Waals surface area contributed by atoms with Gasteiger partial charge in [-0.1, -0.05) is 29.8 Å². The third-order valence-electron chi connectivity index (χ3n) is 2.89. The molecule has 0 saturated carbocycles. The Balaban J connectivity index is 1.94. The highest BCUT2D eigenvalue weighted by molar-refractivity contribution is 5.80. The van der Waals surface area contributed by atoms with Crippen LogP contribution >= 0.6 is 0 Å². The molecule has 16 heavy (non-hydrogen) atoms. The second kappa shape index (κ2) is 3.91. The summed E-state index contributed by atoms with van der Waals surface area (Å²) in [4.78, 5) is 13.7. The van der Waals surface area contributed by atoms with E-state index in [1.54, 1.807) is 0 Å². The molecule has 1 aliphatic heterocycles. The van der Waals surface area contributed by atoms with E-state index in [0.717, 1.165) is 5.56 Å². The minimum atomic E-state index is -0.178. The van der Waals surface area contributed by atoms with Crippen LogP contribution < -0.4 is 5.73 Å². The van der Waals surface area contributed by atoms with Gasteiger partial charge < -0.3 is 10.6 Å². The van der Waals surface area contributed by atoms with Crippen molar-refractivity contribution in [3.63, 3.8) is 0 Å². The molecule has 0 unspecified atom stereocenters. The molecule has 1 heterocycles. The predicted octanol–water partition coefficient (Wildman–Crippen LogP) is 1.10. The summed E-state index contributed by atoms with van der Waals surface area (Å²) >= 11 is 0. The maximum atomic E-state index is 11.9. The van der Waals surface area contributed by atoms with Crippen LogP contribution in [-0.2, 0) is 11.2 Å². The van der Waals surface area contributed by atoms with Gasteiger partial charge in [-0.15, -0.1) is 0 Å². The number of amides is 1. The summed E-state index contributed by atoms with van der Waals surface area (Å²) in [7, 11) is 0. The van der Waals surface area contributed by atoms with E-state index in [1.165, 1.54) is 5.56 Å². The summed E-state index contributed by atoms with van der Waals surface area (Å²) in [5, 5.41) is 0. The van der Waals surface area contributed by atoms with Crippen LogP contribution in [0.4, 0.5) is 0 Å². The number of carbonyl (C=O) groups excluding carboxylic acids is 1. The molecule has 2 N–H and O–H groups in total. The number of aryl methyl sites for hydroxylation is 1. The molecule has 1 amide bonds. The number of rotatable bonds is 2. The lowest BCUT2D eigenvalue weighted by atomic mass is 9.93. The minimum Gasteiger partial charge on any atom is -0.339 e. The van der Waals surface area contributed by atoms with Crippen molar-refractivity contribution in [2.24, 2.45) is 5.73 Å². The molecule has 86 valence electrons. The number of nitrogens with zero attached hydrogens (tertiary/aromatic N) is 1. The summed E-state index contributed by atoms with van der Waals surface area (Å²) < 4.78 is 0. The summed E-state index contributed by atoms with van der Waals surface area (Å²) in [5.41, 5.74) is 7.97. The Kier molecular flexibility index (Phi) is 2.72. The first-order chi connectivity index (χ1) is 7.46. The monoisotopic (exact) mass is 218 g/mol. The first-order valence-electron chi connectivity index (χ1n) is 5.58. The molecule has 2 rings (SSSR count). The fourth-order valence-corrected chi connectivity index (χ4v) is 2.11. The molecule has 1 fully saturated rings. The van der Waals surface area contributed by atoms with Crippen molar-refractivity contribution in [3.8, 4) is 0 Å². The number of hydrogen-bond donors (Lipinski definition) is 1. The second-order valence-electron chi connectivity index (χ2n) is 5.07. The number of hydrogen-bond acceptors (Lipinski definition) is 2. The van der Waals surface area contributed by atoms with Gasteiger partial charge in [-0.2, -0.15) is 0 Å². The maximum Gasteiger partial charge on any atom is 0.227 e. The van der Waals surface area contributed by atoms with Gasteiger partial charge in [0.05, 0.1) is 6.42 Å². The summed E-state index contributed by atoms with van der Waals surface area (Å²) in [6.07, 6.45) is 0.484. The SMILES string of the molecule is Cc1cccc(CC(=O)N2CC(C)(N)C2)c1. The normalized spacial score (nSPS) is 18.1. The lowest BCUT2D eigenvalue weighted by molar-refractivity contribution is -0.137.